The normalized spacial score (nSPS) is 12.2. The van der Waals surface area contributed by atoms with Crippen molar-refractivity contribution in [3.05, 3.63) is 71.9 Å². The number of rotatable bonds is 4. The van der Waals surface area contributed by atoms with E-state index in [2.05, 4.69) is 10.3 Å². The third-order valence-corrected chi connectivity index (χ3v) is 3.98. The van der Waals surface area contributed by atoms with E-state index >= 15 is 0 Å². The minimum Gasteiger partial charge on any atom is -0.454 e. The summed E-state index contributed by atoms with van der Waals surface area (Å²) in [6.07, 6.45) is 1.69. The van der Waals surface area contributed by atoms with Crippen molar-refractivity contribution in [2.75, 3.05) is 12.1 Å². The minimum atomic E-state index is -0.579. The maximum absolute atomic E-state index is 13.6. The Kier molecular flexibility index (Phi) is 3.93. The van der Waals surface area contributed by atoms with E-state index in [9.17, 15) is 8.78 Å². The molecule has 4 rings (SSSR count). The first-order chi connectivity index (χ1) is 12.2. The Balaban J connectivity index is 1.49. The second kappa shape index (κ2) is 6.39. The van der Waals surface area contributed by atoms with Gasteiger partial charge in [0, 0.05) is 23.9 Å². The summed E-state index contributed by atoms with van der Waals surface area (Å²) in [5.41, 5.74) is 1.84. The predicted octanol–water partition coefficient (Wildman–Crippen LogP) is 4.37. The molecule has 2 aromatic carbocycles. The molecule has 0 radical (unpaired) electrons. The van der Waals surface area contributed by atoms with E-state index in [-0.39, 0.29) is 18.9 Å². The molecule has 0 saturated heterocycles. The van der Waals surface area contributed by atoms with E-state index in [0.717, 1.165) is 16.9 Å². The summed E-state index contributed by atoms with van der Waals surface area (Å²) < 4.78 is 37.9. The highest BCUT2D eigenvalue weighted by atomic mass is 19.1. The molecule has 0 saturated carbocycles. The minimum absolute atomic E-state index is 0.0100. The van der Waals surface area contributed by atoms with Crippen LogP contribution in [-0.2, 0) is 6.54 Å². The largest absolute Gasteiger partial charge is 0.454 e. The van der Waals surface area contributed by atoms with Crippen LogP contribution in [0.1, 0.15) is 5.56 Å². The van der Waals surface area contributed by atoms with E-state index in [0.29, 0.717) is 11.6 Å². The van der Waals surface area contributed by atoms with Crippen molar-refractivity contribution >= 4 is 5.82 Å². The lowest BCUT2D eigenvalue weighted by Crippen LogP contribution is -2.05. The molecular formula is C19H14F2N2O2. The lowest BCUT2D eigenvalue weighted by atomic mass is 10.1. The van der Waals surface area contributed by atoms with Gasteiger partial charge in [0.05, 0.1) is 0 Å². The molecule has 4 nitrogen and oxygen atoms in total. The number of fused-ring (bicyclic) bond motifs is 1. The summed E-state index contributed by atoms with van der Waals surface area (Å²) in [6, 6.07) is 13.1. The number of benzene rings is 2. The van der Waals surface area contributed by atoms with Crippen LogP contribution in [0, 0.1) is 11.6 Å². The molecular weight excluding hydrogens is 326 g/mol. The van der Waals surface area contributed by atoms with Gasteiger partial charge in [0.15, 0.2) is 11.5 Å². The first kappa shape index (κ1) is 15.4. The van der Waals surface area contributed by atoms with E-state index in [1.54, 1.807) is 12.3 Å². The van der Waals surface area contributed by atoms with Crippen molar-refractivity contribution in [1.29, 1.82) is 0 Å². The average Bonchev–Trinajstić information content (AvgIpc) is 3.09. The number of ether oxygens (including phenoxy) is 2. The second-order valence-corrected chi connectivity index (χ2v) is 5.55. The Hall–Kier alpha value is -3.15. The van der Waals surface area contributed by atoms with E-state index in [4.69, 9.17) is 9.47 Å². The number of pyridine rings is 1. The standard InChI is InChI=1S/C19H14F2N2O2/c20-15-2-1-3-16(21)14(15)10-23-19-7-5-13(9-22-19)12-4-6-17-18(8-12)25-11-24-17/h1-9H,10-11H2,(H,22,23). The van der Waals surface area contributed by atoms with Crippen LogP contribution in [-0.4, -0.2) is 11.8 Å². The van der Waals surface area contributed by atoms with E-state index in [1.807, 2.05) is 24.3 Å². The molecule has 3 aromatic rings. The van der Waals surface area contributed by atoms with Crippen LogP contribution in [0.4, 0.5) is 14.6 Å². The van der Waals surface area contributed by atoms with Crippen LogP contribution in [0.5, 0.6) is 11.5 Å². The number of hydrogen-bond acceptors (Lipinski definition) is 4. The number of nitrogens with zero attached hydrogens (tertiary/aromatic N) is 1. The zero-order valence-electron chi connectivity index (χ0n) is 13.1. The number of anilines is 1. The van der Waals surface area contributed by atoms with Gasteiger partial charge in [0.2, 0.25) is 6.79 Å². The van der Waals surface area contributed by atoms with Gasteiger partial charge in [-0.1, -0.05) is 12.1 Å². The third kappa shape index (κ3) is 3.10. The molecule has 1 aromatic heterocycles. The Labute approximate surface area is 143 Å². The maximum atomic E-state index is 13.6. The summed E-state index contributed by atoms with van der Waals surface area (Å²) in [4.78, 5) is 4.29. The topological polar surface area (TPSA) is 43.4 Å². The molecule has 6 heteroatoms. The van der Waals surface area contributed by atoms with Gasteiger partial charge in [-0.15, -0.1) is 0 Å². The van der Waals surface area contributed by atoms with Crippen molar-refractivity contribution < 1.29 is 18.3 Å². The number of nitrogens with one attached hydrogen (secondary N) is 1. The van der Waals surface area contributed by atoms with Gasteiger partial charge < -0.3 is 14.8 Å². The van der Waals surface area contributed by atoms with Gasteiger partial charge >= 0.3 is 0 Å². The van der Waals surface area contributed by atoms with Crippen LogP contribution < -0.4 is 14.8 Å². The zero-order valence-corrected chi connectivity index (χ0v) is 13.1. The van der Waals surface area contributed by atoms with Crippen LogP contribution >= 0.6 is 0 Å². The summed E-state index contributed by atoms with van der Waals surface area (Å²) in [7, 11) is 0. The van der Waals surface area contributed by atoms with Gasteiger partial charge in [-0.3, -0.25) is 0 Å². The fourth-order valence-electron chi connectivity index (χ4n) is 2.63. The Morgan fingerprint density at radius 1 is 0.920 bits per heavy atom. The van der Waals surface area contributed by atoms with Crippen LogP contribution in [0.25, 0.3) is 11.1 Å². The highest BCUT2D eigenvalue weighted by molar-refractivity contribution is 5.67. The highest BCUT2D eigenvalue weighted by Crippen LogP contribution is 2.35. The number of halogens is 2. The average molecular weight is 340 g/mol. The molecule has 1 aliphatic rings. The summed E-state index contributed by atoms with van der Waals surface area (Å²) in [5, 5.41) is 2.93. The number of aromatic nitrogens is 1. The fraction of sp³-hybridized carbons (Fsp3) is 0.105. The van der Waals surface area contributed by atoms with Crippen LogP contribution in [0.3, 0.4) is 0 Å². The van der Waals surface area contributed by atoms with Crippen molar-refractivity contribution in [2.45, 2.75) is 6.54 Å². The maximum Gasteiger partial charge on any atom is 0.231 e. The van der Waals surface area contributed by atoms with Crippen molar-refractivity contribution in [1.82, 2.24) is 4.98 Å². The molecule has 1 aliphatic heterocycles. The molecule has 25 heavy (non-hydrogen) atoms. The predicted molar refractivity (Wildman–Crippen MR) is 89.5 cm³/mol. The molecule has 0 fully saturated rings. The van der Waals surface area contributed by atoms with Crippen molar-refractivity contribution in [3.8, 4) is 22.6 Å². The summed E-state index contributed by atoms with van der Waals surface area (Å²) in [5.74, 6) is 0.803. The molecule has 126 valence electrons. The number of hydrogen-bond donors (Lipinski definition) is 1. The van der Waals surface area contributed by atoms with Gasteiger partial charge in [0.25, 0.3) is 0 Å². The monoisotopic (exact) mass is 340 g/mol. The molecule has 0 bridgehead atoms. The third-order valence-electron chi connectivity index (χ3n) is 3.98. The smallest absolute Gasteiger partial charge is 0.231 e. The lowest BCUT2D eigenvalue weighted by Gasteiger charge is -2.09. The van der Waals surface area contributed by atoms with E-state index < -0.39 is 11.6 Å². The first-order valence-corrected chi connectivity index (χ1v) is 7.73. The molecule has 0 amide bonds. The molecule has 0 atom stereocenters. The van der Waals surface area contributed by atoms with Crippen LogP contribution in [0.15, 0.2) is 54.7 Å². The second-order valence-electron chi connectivity index (χ2n) is 5.55. The van der Waals surface area contributed by atoms with Gasteiger partial charge in [-0.2, -0.15) is 0 Å². The Bertz CT molecular complexity index is 894. The highest BCUT2D eigenvalue weighted by Gasteiger charge is 2.14. The first-order valence-electron chi connectivity index (χ1n) is 7.73. The zero-order chi connectivity index (χ0) is 17.2. The summed E-state index contributed by atoms with van der Waals surface area (Å²) in [6.45, 7) is 0.251. The van der Waals surface area contributed by atoms with Crippen molar-refractivity contribution in [2.24, 2.45) is 0 Å². The molecule has 0 unspecified atom stereocenters. The lowest BCUT2D eigenvalue weighted by molar-refractivity contribution is 0.174. The summed E-state index contributed by atoms with van der Waals surface area (Å²) >= 11 is 0. The van der Waals surface area contributed by atoms with Gasteiger partial charge in [-0.05, 0) is 42.0 Å². The van der Waals surface area contributed by atoms with Gasteiger partial charge in [0.1, 0.15) is 17.5 Å². The SMILES string of the molecule is Fc1cccc(F)c1CNc1ccc(-c2ccc3c(c2)OCO3)cn1. The fourth-order valence-corrected chi connectivity index (χ4v) is 2.63. The Morgan fingerprint density at radius 3 is 2.44 bits per heavy atom. The Morgan fingerprint density at radius 2 is 1.68 bits per heavy atom. The van der Waals surface area contributed by atoms with Crippen LogP contribution in [0.2, 0.25) is 0 Å². The van der Waals surface area contributed by atoms with E-state index in [1.165, 1.54) is 18.2 Å². The quantitative estimate of drug-likeness (QED) is 0.766. The molecule has 0 aliphatic carbocycles. The van der Waals surface area contributed by atoms with Crippen molar-refractivity contribution in [3.63, 3.8) is 0 Å². The van der Waals surface area contributed by atoms with Gasteiger partial charge in [-0.25, -0.2) is 13.8 Å². The molecule has 1 N–H and O–H groups in total. The molecule has 2 heterocycles. The molecule has 0 spiro atoms.